The van der Waals surface area contributed by atoms with Gasteiger partial charge in [-0.1, -0.05) is 18.9 Å². The minimum atomic E-state index is 0.0994. The molecule has 4 rings (SSSR count). The molecule has 1 aliphatic carbocycles. The summed E-state index contributed by atoms with van der Waals surface area (Å²) in [6.45, 7) is 2.10. The molecule has 23 heavy (non-hydrogen) atoms. The van der Waals surface area contributed by atoms with Gasteiger partial charge in [0.15, 0.2) is 5.11 Å². The van der Waals surface area contributed by atoms with Crippen LogP contribution in [0.3, 0.4) is 0 Å². The van der Waals surface area contributed by atoms with Gasteiger partial charge in [-0.05, 0) is 56.2 Å². The van der Waals surface area contributed by atoms with Crippen LogP contribution in [0.4, 0.5) is 0 Å². The van der Waals surface area contributed by atoms with Crippen LogP contribution in [-0.2, 0) is 0 Å². The van der Waals surface area contributed by atoms with Crippen LogP contribution in [0.1, 0.15) is 54.8 Å². The van der Waals surface area contributed by atoms with E-state index in [-0.39, 0.29) is 12.1 Å². The van der Waals surface area contributed by atoms with Crippen molar-refractivity contribution in [1.29, 1.82) is 0 Å². The summed E-state index contributed by atoms with van der Waals surface area (Å²) >= 11 is 5.71. The van der Waals surface area contributed by atoms with Crippen molar-refractivity contribution in [2.75, 3.05) is 0 Å². The fourth-order valence-corrected chi connectivity index (χ4v) is 4.36. The molecule has 5 heteroatoms. The first-order valence-electron chi connectivity index (χ1n) is 8.39. The molecule has 1 aliphatic heterocycles. The fourth-order valence-electron chi connectivity index (χ4n) is 3.97. The van der Waals surface area contributed by atoms with Crippen LogP contribution in [0, 0.1) is 6.92 Å². The normalized spacial score (nSPS) is 25.1. The van der Waals surface area contributed by atoms with E-state index in [0.29, 0.717) is 6.04 Å². The van der Waals surface area contributed by atoms with Gasteiger partial charge in [-0.15, -0.1) is 0 Å². The zero-order chi connectivity index (χ0) is 15.8. The number of nitrogens with zero attached hydrogens (tertiary/aromatic N) is 2. The Morgan fingerprint density at radius 1 is 1.17 bits per heavy atom. The number of pyridine rings is 1. The molecule has 4 nitrogen and oxygen atoms in total. The van der Waals surface area contributed by atoms with Gasteiger partial charge >= 0.3 is 0 Å². The van der Waals surface area contributed by atoms with Crippen molar-refractivity contribution >= 4 is 17.3 Å². The largest absolute Gasteiger partial charge is 0.361 e. The van der Waals surface area contributed by atoms with E-state index in [0.717, 1.165) is 10.8 Å². The lowest BCUT2D eigenvalue weighted by molar-refractivity contribution is 0.242. The van der Waals surface area contributed by atoms with Crippen molar-refractivity contribution < 1.29 is 0 Å². The second kappa shape index (κ2) is 5.96. The highest BCUT2D eigenvalue weighted by atomic mass is 32.1. The second-order valence-electron chi connectivity index (χ2n) is 6.57. The first-order valence-corrected chi connectivity index (χ1v) is 8.80. The highest BCUT2D eigenvalue weighted by Gasteiger charge is 2.44. The summed E-state index contributed by atoms with van der Waals surface area (Å²) < 4.78 is 0. The predicted molar refractivity (Wildman–Crippen MR) is 95.1 cm³/mol. The van der Waals surface area contributed by atoms with Crippen molar-refractivity contribution in [2.24, 2.45) is 0 Å². The molecule has 0 spiro atoms. The van der Waals surface area contributed by atoms with Gasteiger partial charge in [0, 0.05) is 23.6 Å². The summed E-state index contributed by atoms with van der Waals surface area (Å²) in [7, 11) is 0. The minimum absolute atomic E-state index is 0.0994. The maximum atomic E-state index is 5.71. The number of hydrogen-bond acceptors (Lipinski definition) is 2. The van der Waals surface area contributed by atoms with E-state index in [1.54, 1.807) is 0 Å². The van der Waals surface area contributed by atoms with Crippen LogP contribution in [-0.4, -0.2) is 26.0 Å². The second-order valence-corrected chi connectivity index (χ2v) is 6.96. The van der Waals surface area contributed by atoms with E-state index in [9.17, 15) is 0 Å². The molecule has 2 aromatic heterocycles. The van der Waals surface area contributed by atoms with E-state index in [1.165, 1.54) is 37.1 Å². The fraction of sp³-hybridized carbons (Fsp3) is 0.444. The van der Waals surface area contributed by atoms with E-state index < -0.39 is 0 Å². The van der Waals surface area contributed by atoms with Crippen LogP contribution >= 0.6 is 12.2 Å². The highest BCUT2D eigenvalue weighted by molar-refractivity contribution is 7.80. The molecule has 2 aromatic rings. The molecular weight excluding hydrogens is 304 g/mol. The number of rotatable bonds is 3. The van der Waals surface area contributed by atoms with E-state index in [1.807, 2.05) is 18.3 Å². The third-order valence-electron chi connectivity index (χ3n) is 5.03. The molecule has 1 saturated carbocycles. The highest BCUT2D eigenvalue weighted by Crippen LogP contribution is 2.42. The van der Waals surface area contributed by atoms with E-state index in [2.05, 4.69) is 45.3 Å². The number of aromatic amines is 1. The van der Waals surface area contributed by atoms with Gasteiger partial charge in [-0.3, -0.25) is 4.98 Å². The first kappa shape index (κ1) is 14.7. The number of H-pyrrole nitrogens is 1. The van der Waals surface area contributed by atoms with E-state index >= 15 is 0 Å². The molecule has 2 N–H and O–H groups in total. The monoisotopic (exact) mass is 326 g/mol. The molecule has 120 valence electrons. The molecule has 2 fully saturated rings. The number of hydrogen-bond donors (Lipinski definition) is 2. The lowest BCUT2D eigenvalue weighted by atomic mass is 10.00. The molecule has 0 unspecified atom stereocenters. The SMILES string of the molecule is Cc1ccc([C@@H]2[C@H](c3ccccn3)NC(=S)N2C2CCCC2)[nH]1. The van der Waals surface area contributed by atoms with Crippen LogP contribution in [0.2, 0.25) is 0 Å². The number of nitrogens with one attached hydrogen (secondary N) is 2. The van der Waals surface area contributed by atoms with Crippen LogP contribution in [0.25, 0.3) is 0 Å². The zero-order valence-electron chi connectivity index (χ0n) is 13.3. The average Bonchev–Trinajstić information content (AvgIpc) is 3.27. The Hall–Kier alpha value is -1.88. The third kappa shape index (κ3) is 2.63. The summed E-state index contributed by atoms with van der Waals surface area (Å²) in [5.74, 6) is 0. The van der Waals surface area contributed by atoms with Crippen molar-refractivity contribution in [1.82, 2.24) is 20.2 Å². The molecule has 3 heterocycles. The number of aromatic nitrogens is 2. The molecular formula is C18H22N4S. The molecule has 2 atom stereocenters. The summed E-state index contributed by atoms with van der Waals surface area (Å²) in [5, 5.41) is 4.40. The van der Waals surface area contributed by atoms with Gasteiger partial charge < -0.3 is 15.2 Å². The van der Waals surface area contributed by atoms with Crippen LogP contribution in [0.5, 0.6) is 0 Å². The van der Waals surface area contributed by atoms with Gasteiger partial charge in [0.05, 0.1) is 17.8 Å². The molecule has 0 amide bonds. The quantitative estimate of drug-likeness (QED) is 0.845. The minimum Gasteiger partial charge on any atom is -0.361 e. The molecule has 0 radical (unpaired) electrons. The molecule has 2 aliphatic rings. The van der Waals surface area contributed by atoms with Gasteiger partial charge in [-0.2, -0.15) is 0 Å². The van der Waals surface area contributed by atoms with Crippen molar-refractivity contribution in [2.45, 2.75) is 50.7 Å². The number of aryl methyl sites for hydroxylation is 1. The summed E-state index contributed by atoms with van der Waals surface area (Å²) in [4.78, 5) is 10.5. The Morgan fingerprint density at radius 3 is 2.65 bits per heavy atom. The summed E-state index contributed by atoms with van der Waals surface area (Å²) in [6.07, 6.45) is 6.91. The van der Waals surface area contributed by atoms with Crippen molar-refractivity contribution in [3.8, 4) is 0 Å². The lowest BCUT2D eigenvalue weighted by Crippen LogP contribution is -2.37. The Morgan fingerprint density at radius 2 is 2.00 bits per heavy atom. The average molecular weight is 326 g/mol. The number of thiocarbonyl (C=S) groups is 1. The summed E-state index contributed by atoms with van der Waals surface area (Å²) in [6, 6.07) is 11.2. The van der Waals surface area contributed by atoms with Crippen LogP contribution in [0.15, 0.2) is 36.5 Å². The van der Waals surface area contributed by atoms with Gasteiger partial charge in [0.25, 0.3) is 0 Å². The van der Waals surface area contributed by atoms with Crippen molar-refractivity contribution in [3.63, 3.8) is 0 Å². The topological polar surface area (TPSA) is 44.0 Å². The smallest absolute Gasteiger partial charge is 0.170 e. The maximum Gasteiger partial charge on any atom is 0.170 e. The first-order chi connectivity index (χ1) is 11.2. The van der Waals surface area contributed by atoms with Crippen molar-refractivity contribution in [3.05, 3.63) is 53.6 Å². The Balaban J connectivity index is 1.75. The van der Waals surface area contributed by atoms with Gasteiger partial charge in [0.1, 0.15) is 0 Å². The molecule has 0 aromatic carbocycles. The van der Waals surface area contributed by atoms with Gasteiger partial charge in [-0.25, -0.2) is 0 Å². The zero-order valence-corrected chi connectivity index (χ0v) is 14.1. The maximum absolute atomic E-state index is 5.71. The predicted octanol–water partition coefficient (Wildman–Crippen LogP) is 3.63. The Labute approximate surface area is 142 Å². The summed E-state index contributed by atoms with van der Waals surface area (Å²) in [5.41, 5.74) is 3.45. The van der Waals surface area contributed by atoms with Gasteiger partial charge in [0.2, 0.25) is 0 Å². The van der Waals surface area contributed by atoms with Crippen LogP contribution < -0.4 is 5.32 Å². The standard InChI is InChI=1S/C18H22N4S/c1-12-9-10-15(20-12)17-16(14-8-4-5-11-19-14)21-18(23)22(17)13-6-2-3-7-13/h4-5,8-11,13,16-17,20H,2-3,6-7H2,1H3,(H,21,23)/t16-,17+/m0/s1. The lowest BCUT2D eigenvalue weighted by Gasteiger charge is -2.32. The molecule has 1 saturated heterocycles. The Bertz CT molecular complexity index is 690. The van der Waals surface area contributed by atoms with E-state index in [4.69, 9.17) is 12.2 Å². The third-order valence-corrected chi connectivity index (χ3v) is 5.36. The Kier molecular flexibility index (Phi) is 3.81. The molecule has 0 bridgehead atoms.